The van der Waals surface area contributed by atoms with Crippen LogP contribution in [0.4, 0.5) is 9.18 Å². The third kappa shape index (κ3) is 3.69. The predicted molar refractivity (Wildman–Crippen MR) is 97.8 cm³/mol. The zero-order valence-corrected chi connectivity index (χ0v) is 15.9. The number of amides is 3. The van der Waals surface area contributed by atoms with Gasteiger partial charge in [-0.25, -0.2) is 22.7 Å². The first-order valence-electron chi connectivity index (χ1n) is 8.22. The fourth-order valence-corrected chi connectivity index (χ4v) is 3.50. The number of phenolic OH excluding ortho intramolecular Hbond substituents is 1. The zero-order valence-electron chi connectivity index (χ0n) is 15.0. The van der Waals surface area contributed by atoms with Crippen molar-refractivity contribution >= 4 is 27.7 Å². The fraction of sp³-hybridized carbons (Fsp3) is 0.167. The van der Waals surface area contributed by atoms with Gasteiger partial charge in [0.15, 0.2) is 5.78 Å². The number of imide groups is 1. The highest BCUT2D eigenvalue weighted by molar-refractivity contribution is 7.89. The van der Waals surface area contributed by atoms with Crippen LogP contribution in [-0.2, 0) is 20.4 Å². The number of halogens is 1. The lowest BCUT2D eigenvalue weighted by atomic mass is 9.92. The first-order chi connectivity index (χ1) is 13.4. The van der Waals surface area contributed by atoms with Crippen molar-refractivity contribution in [3.8, 4) is 5.75 Å². The van der Waals surface area contributed by atoms with Crippen LogP contribution in [0, 0.1) is 5.82 Å². The van der Waals surface area contributed by atoms with Gasteiger partial charge in [0.2, 0.25) is 10.0 Å². The quantitative estimate of drug-likeness (QED) is 0.481. The molecule has 0 bridgehead atoms. The Kier molecular flexibility index (Phi) is 4.89. The number of rotatable bonds is 5. The van der Waals surface area contributed by atoms with E-state index in [1.807, 2.05) is 0 Å². The summed E-state index contributed by atoms with van der Waals surface area (Å²) in [7, 11) is -3.93. The first kappa shape index (κ1) is 20.4. The molecule has 1 aliphatic rings. The summed E-state index contributed by atoms with van der Waals surface area (Å²) in [6.07, 6.45) is 0. The van der Waals surface area contributed by atoms with Crippen LogP contribution < -0.4 is 10.5 Å². The Balaban J connectivity index is 1.86. The van der Waals surface area contributed by atoms with Crippen molar-refractivity contribution in [3.05, 3.63) is 59.4 Å². The van der Waals surface area contributed by atoms with Crippen molar-refractivity contribution in [1.82, 2.24) is 10.2 Å². The van der Waals surface area contributed by atoms with Gasteiger partial charge in [-0.3, -0.25) is 14.5 Å². The standard InChI is InChI=1S/C18H16FN3O6S/c1-18(10-2-5-12(6-3-10)29(20,27)28)16(25)22(17(26)21-18)9-15(24)13-7-4-11(19)8-14(13)23/h2-8,23H,9H2,1H3,(H,21,26)(H2,20,27,28). The maximum absolute atomic E-state index is 13.1. The first-order valence-corrected chi connectivity index (χ1v) is 9.77. The number of carbonyl (C=O) groups excluding carboxylic acids is 3. The number of benzene rings is 2. The largest absolute Gasteiger partial charge is 0.507 e. The number of carbonyl (C=O) groups is 3. The summed E-state index contributed by atoms with van der Waals surface area (Å²) in [5.74, 6) is -2.87. The highest BCUT2D eigenvalue weighted by Crippen LogP contribution is 2.30. The van der Waals surface area contributed by atoms with Gasteiger partial charge in [0.25, 0.3) is 5.91 Å². The van der Waals surface area contributed by atoms with Gasteiger partial charge in [0.1, 0.15) is 17.1 Å². The van der Waals surface area contributed by atoms with Crippen LogP contribution in [-0.4, -0.2) is 42.7 Å². The molecule has 3 rings (SSSR count). The van der Waals surface area contributed by atoms with Crippen LogP contribution in [0.1, 0.15) is 22.8 Å². The molecule has 2 aromatic carbocycles. The summed E-state index contributed by atoms with van der Waals surface area (Å²) in [5, 5.41) is 17.2. The van der Waals surface area contributed by atoms with Gasteiger partial charge in [0.05, 0.1) is 17.0 Å². The number of phenols is 1. The number of nitrogens with two attached hydrogens (primary N) is 1. The summed E-state index contributed by atoms with van der Waals surface area (Å²) in [4.78, 5) is 38.0. The van der Waals surface area contributed by atoms with Gasteiger partial charge >= 0.3 is 6.03 Å². The van der Waals surface area contributed by atoms with E-state index in [1.54, 1.807) is 0 Å². The second kappa shape index (κ2) is 6.94. The van der Waals surface area contributed by atoms with E-state index in [9.17, 15) is 32.3 Å². The van der Waals surface area contributed by atoms with E-state index in [4.69, 9.17) is 5.14 Å². The van der Waals surface area contributed by atoms with Crippen molar-refractivity contribution < 1.29 is 32.3 Å². The number of primary sulfonamides is 1. The van der Waals surface area contributed by atoms with Crippen LogP contribution >= 0.6 is 0 Å². The molecule has 0 radical (unpaired) electrons. The number of nitrogens with zero attached hydrogens (tertiary/aromatic N) is 1. The summed E-state index contributed by atoms with van der Waals surface area (Å²) in [6, 6.07) is 6.97. The number of hydrogen-bond donors (Lipinski definition) is 3. The molecule has 4 N–H and O–H groups in total. The molecule has 0 spiro atoms. The number of Topliss-reactive ketones (excluding diaryl/α,β-unsaturated/α-hetero) is 1. The molecule has 0 saturated carbocycles. The molecular formula is C18H16FN3O6S. The van der Waals surface area contributed by atoms with Gasteiger partial charge in [-0.05, 0) is 36.8 Å². The second-order valence-electron chi connectivity index (χ2n) is 6.60. The third-order valence-corrected chi connectivity index (χ3v) is 5.53. The highest BCUT2D eigenvalue weighted by atomic mass is 32.2. The zero-order chi connectivity index (χ0) is 21.6. The lowest BCUT2D eigenvalue weighted by Gasteiger charge is -2.22. The fourth-order valence-electron chi connectivity index (χ4n) is 2.98. The van der Waals surface area contributed by atoms with Crippen LogP contribution in [0.15, 0.2) is 47.4 Å². The average molecular weight is 421 g/mol. The minimum Gasteiger partial charge on any atom is -0.507 e. The number of hydrogen-bond acceptors (Lipinski definition) is 6. The summed E-state index contributed by atoms with van der Waals surface area (Å²) in [6.45, 7) is 0.730. The molecule has 0 aromatic heterocycles. The lowest BCUT2D eigenvalue weighted by Crippen LogP contribution is -2.41. The van der Waals surface area contributed by atoms with Gasteiger partial charge in [-0.2, -0.15) is 0 Å². The van der Waals surface area contributed by atoms with Gasteiger partial charge in [-0.1, -0.05) is 12.1 Å². The van der Waals surface area contributed by atoms with Crippen molar-refractivity contribution in [2.24, 2.45) is 5.14 Å². The Morgan fingerprint density at radius 3 is 2.38 bits per heavy atom. The van der Waals surface area contributed by atoms with Crippen LogP contribution in [0.5, 0.6) is 5.75 Å². The van der Waals surface area contributed by atoms with Crippen molar-refractivity contribution in [1.29, 1.82) is 0 Å². The number of urea groups is 1. The minimum absolute atomic E-state index is 0.166. The van der Waals surface area contributed by atoms with E-state index in [1.165, 1.54) is 31.2 Å². The Morgan fingerprint density at radius 2 is 1.83 bits per heavy atom. The summed E-state index contributed by atoms with van der Waals surface area (Å²) in [5.41, 5.74) is -1.50. The molecular weight excluding hydrogens is 405 g/mol. The normalized spacial score (nSPS) is 19.3. The van der Waals surface area contributed by atoms with E-state index >= 15 is 0 Å². The Labute approximate surface area is 165 Å². The molecule has 0 aliphatic carbocycles. The average Bonchev–Trinajstić information content (AvgIpc) is 2.85. The number of aromatic hydroxyl groups is 1. The molecule has 2 aromatic rings. The second-order valence-corrected chi connectivity index (χ2v) is 8.16. The maximum Gasteiger partial charge on any atom is 0.325 e. The van der Waals surface area contributed by atoms with Crippen LogP contribution in [0.2, 0.25) is 0 Å². The molecule has 9 nitrogen and oxygen atoms in total. The van der Waals surface area contributed by atoms with Crippen LogP contribution in [0.3, 0.4) is 0 Å². The minimum atomic E-state index is -3.93. The number of sulfonamides is 1. The topological polar surface area (TPSA) is 147 Å². The van der Waals surface area contributed by atoms with Gasteiger partial charge in [0, 0.05) is 6.07 Å². The monoisotopic (exact) mass is 421 g/mol. The molecule has 1 atom stereocenters. The third-order valence-electron chi connectivity index (χ3n) is 4.60. The van der Waals surface area contributed by atoms with Crippen molar-refractivity contribution in [2.45, 2.75) is 17.4 Å². The molecule has 152 valence electrons. The molecule has 3 amide bonds. The Morgan fingerprint density at radius 1 is 1.21 bits per heavy atom. The molecule has 1 aliphatic heterocycles. The van der Waals surface area contributed by atoms with Crippen molar-refractivity contribution in [3.63, 3.8) is 0 Å². The SMILES string of the molecule is CC1(c2ccc(S(N)(=O)=O)cc2)NC(=O)N(CC(=O)c2ccc(F)cc2O)C1=O. The van der Waals surface area contributed by atoms with Crippen molar-refractivity contribution in [2.75, 3.05) is 6.54 Å². The molecule has 1 saturated heterocycles. The van der Waals surface area contributed by atoms with E-state index in [0.29, 0.717) is 4.90 Å². The molecule has 1 heterocycles. The van der Waals surface area contributed by atoms with E-state index in [2.05, 4.69) is 5.32 Å². The van der Waals surface area contributed by atoms with E-state index in [-0.39, 0.29) is 16.0 Å². The highest BCUT2D eigenvalue weighted by Gasteiger charge is 2.49. The van der Waals surface area contributed by atoms with Gasteiger partial charge in [-0.15, -0.1) is 0 Å². The molecule has 29 heavy (non-hydrogen) atoms. The van der Waals surface area contributed by atoms with Crippen LogP contribution in [0.25, 0.3) is 0 Å². The summed E-state index contributed by atoms with van der Waals surface area (Å²) >= 11 is 0. The smallest absolute Gasteiger partial charge is 0.325 e. The number of nitrogens with one attached hydrogen (secondary N) is 1. The summed E-state index contributed by atoms with van der Waals surface area (Å²) < 4.78 is 35.8. The van der Waals surface area contributed by atoms with E-state index in [0.717, 1.165) is 18.2 Å². The van der Waals surface area contributed by atoms with Gasteiger partial charge < -0.3 is 10.4 Å². The maximum atomic E-state index is 13.1. The molecule has 1 unspecified atom stereocenters. The lowest BCUT2D eigenvalue weighted by molar-refractivity contribution is -0.130. The predicted octanol–water partition coefficient (Wildman–Crippen LogP) is 0.829. The Bertz CT molecular complexity index is 1130. The number of ketones is 1. The molecule has 11 heteroatoms. The Hall–Kier alpha value is -3.31. The molecule has 1 fully saturated rings. The van der Waals surface area contributed by atoms with E-state index < -0.39 is 51.4 Å².